The summed E-state index contributed by atoms with van der Waals surface area (Å²) < 4.78 is 0. The number of hydrogen-bond donors (Lipinski definition) is 3. The van der Waals surface area contributed by atoms with Gasteiger partial charge in [0.1, 0.15) is 0 Å². The molecule has 0 amide bonds. The minimum absolute atomic E-state index is 0.225. The maximum Gasteiger partial charge on any atom is 0.359 e. The molecule has 0 saturated carbocycles. The fourth-order valence-corrected chi connectivity index (χ4v) is 1.26. The van der Waals surface area contributed by atoms with Gasteiger partial charge < -0.3 is 16.0 Å². The molecule has 1 aromatic rings. The molecule has 0 spiro atoms. The van der Waals surface area contributed by atoms with Gasteiger partial charge in [-0.15, -0.1) is 0 Å². The zero-order valence-electron chi connectivity index (χ0n) is 5.76. The second kappa shape index (κ2) is 3.18. The number of thiazole rings is 1. The molecule has 0 unspecified atom stereocenters. The van der Waals surface area contributed by atoms with Crippen molar-refractivity contribution >= 4 is 28.1 Å². The number of anilines is 1. The third-order valence-corrected chi connectivity index (χ3v) is 1.89. The number of nitrogen functional groups attached to an aromatic ring is 1. The van der Waals surface area contributed by atoms with E-state index in [4.69, 9.17) is 16.0 Å². The van der Waals surface area contributed by atoms with Crippen LogP contribution in [-0.2, 0) is 4.79 Å². The molecule has 6 nitrogen and oxygen atoms in total. The van der Waals surface area contributed by atoms with Crippen molar-refractivity contribution in [3.63, 3.8) is 0 Å². The van der Waals surface area contributed by atoms with Crippen LogP contribution in [0, 0.1) is 0 Å². The summed E-state index contributed by atoms with van der Waals surface area (Å²) in [6.45, 7) is 0. The third-order valence-electron chi connectivity index (χ3n) is 1.06. The van der Waals surface area contributed by atoms with Gasteiger partial charge in [0.05, 0.1) is 11.1 Å². The minimum atomic E-state index is -1.32. The fourth-order valence-electron chi connectivity index (χ4n) is 0.595. The highest BCUT2D eigenvalue weighted by molar-refractivity contribution is 7.18. The summed E-state index contributed by atoms with van der Waals surface area (Å²) in [4.78, 5) is 14.2. The van der Waals surface area contributed by atoms with Gasteiger partial charge in [-0.1, -0.05) is 16.5 Å². The monoisotopic (exact) mass is 187 g/mol. The summed E-state index contributed by atoms with van der Waals surface area (Å²) in [5.41, 5.74) is 4.79. The van der Waals surface area contributed by atoms with Crippen LogP contribution < -0.4 is 5.73 Å². The highest BCUT2D eigenvalue weighted by Gasteiger charge is 2.15. The Labute approximate surface area is 71.0 Å². The van der Waals surface area contributed by atoms with Crippen molar-refractivity contribution < 1.29 is 15.1 Å². The molecule has 1 aromatic heterocycles. The van der Waals surface area contributed by atoms with E-state index in [1.807, 2.05) is 0 Å². The van der Waals surface area contributed by atoms with Gasteiger partial charge in [-0.3, -0.25) is 0 Å². The van der Waals surface area contributed by atoms with Crippen molar-refractivity contribution in [2.75, 3.05) is 5.73 Å². The Morgan fingerprint density at radius 3 is 2.75 bits per heavy atom. The highest BCUT2D eigenvalue weighted by Crippen LogP contribution is 2.15. The number of nitrogens with two attached hydrogens (primary N) is 1. The standard InChI is InChI=1S/C5H5N3O3S/c6-5-7-1-2(12-5)3(8-11)4(9)10/h1,11H,(H2,6,7)(H,9,10)/b8-3-. The van der Waals surface area contributed by atoms with Crippen LogP contribution in [0.4, 0.5) is 5.13 Å². The van der Waals surface area contributed by atoms with E-state index in [2.05, 4.69) is 10.1 Å². The zero-order chi connectivity index (χ0) is 9.14. The van der Waals surface area contributed by atoms with Crippen LogP contribution in [0.2, 0.25) is 0 Å². The van der Waals surface area contributed by atoms with Crippen LogP contribution in [-0.4, -0.2) is 27.0 Å². The molecule has 1 heterocycles. The molecule has 0 atom stereocenters. The second-order valence-corrected chi connectivity index (χ2v) is 2.88. The molecule has 0 bridgehead atoms. The normalized spacial score (nSPS) is 11.5. The van der Waals surface area contributed by atoms with Gasteiger partial charge in [0, 0.05) is 0 Å². The Kier molecular flexibility index (Phi) is 2.24. The average Bonchev–Trinajstić information content (AvgIpc) is 2.37. The van der Waals surface area contributed by atoms with Crippen LogP contribution in [0.1, 0.15) is 4.88 Å². The first-order chi connectivity index (χ1) is 5.65. The molecule has 0 aliphatic rings. The second-order valence-electron chi connectivity index (χ2n) is 1.82. The van der Waals surface area contributed by atoms with E-state index in [1.54, 1.807) is 0 Å². The summed E-state index contributed by atoms with van der Waals surface area (Å²) in [6, 6.07) is 0. The Morgan fingerprint density at radius 2 is 2.42 bits per heavy atom. The van der Waals surface area contributed by atoms with Crippen molar-refractivity contribution in [3.05, 3.63) is 11.1 Å². The number of nitrogens with zero attached hydrogens (tertiary/aromatic N) is 2. The molecule has 0 saturated heterocycles. The molecule has 0 aromatic carbocycles. The number of oxime groups is 1. The molecule has 7 heteroatoms. The van der Waals surface area contributed by atoms with E-state index in [0.717, 1.165) is 11.3 Å². The van der Waals surface area contributed by atoms with Crippen LogP contribution in [0.3, 0.4) is 0 Å². The first kappa shape index (κ1) is 8.47. The van der Waals surface area contributed by atoms with E-state index < -0.39 is 11.7 Å². The van der Waals surface area contributed by atoms with Crippen molar-refractivity contribution in [1.82, 2.24) is 4.98 Å². The molecule has 0 fully saturated rings. The predicted octanol–water partition coefficient (Wildman–Crippen LogP) is -0.0118. The number of carboxylic acid groups (broad SMARTS) is 1. The number of rotatable bonds is 2. The number of carboxylic acids is 1. The molecule has 1 rings (SSSR count). The smallest absolute Gasteiger partial charge is 0.359 e. The van der Waals surface area contributed by atoms with Gasteiger partial charge in [0.15, 0.2) is 5.13 Å². The molecular formula is C5H5N3O3S. The first-order valence-electron chi connectivity index (χ1n) is 2.82. The largest absolute Gasteiger partial charge is 0.476 e. The lowest BCUT2D eigenvalue weighted by Crippen LogP contribution is -2.12. The lowest BCUT2D eigenvalue weighted by molar-refractivity contribution is -0.129. The quantitative estimate of drug-likeness (QED) is 0.342. The van der Waals surface area contributed by atoms with E-state index in [9.17, 15) is 4.79 Å². The van der Waals surface area contributed by atoms with Gasteiger partial charge in [-0.2, -0.15) is 0 Å². The van der Waals surface area contributed by atoms with Gasteiger partial charge >= 0.3 is 5.97 Å². The summed E-state index contributed by atoms with van der Waals surface area (Å²) >= 11 is 0.944. The van der Waals surface area contributed by atoms with Gasteiger partial charge in [-0.05, 0) is 0 Å². The average molecular weight is 187 g/mol. The molecular weight excluding hydrogens is 182 g/mol. The molecule has 64 valence electrons. The van der Waals surface area contributed by atoms with Crippen molar-refractivity contribution in [1.29, 1.82) is 0 Å². The number of aromatic nitrogens is 1. The van der Waals surface area contributed by atoms with E-state index in [-0.39, 0.29) is 10.0 Å². The molecule has 12 heavy (non-hydrogen) atoms. The Balaban J connectivity index is 3.04. The lowest BCUT2D eigenvalue weighted by Gasteiger charge is -1.90. The number of hydrogen-bond acceptors (Lipinski definition) is 6. The van der Waals surface area contributed by atoms with E-state index >= 15 is 0 Å². The van der Waals surface area contributed by atoms with E-state index in [1.165, 1.54) is 6.20 Å². The SMILES string of the molecule is Nc1ncc(/C(=N/O)C(=O)O)s1. The van der Waals surface area contributed by atoms with Crippen LogP contribution in [0.25, 0.3) is 0 Å². The maximum atomic E-state index is 10.4. The van der Waals surface area contributed by atoms with Crippen molar-refractivity contribution in [2.24, 2.45) is 5.16 Å². The molecule has 0 radical (unpaired) electrons. The van der Waals surface area contributed by atoms with Crippen LogP contribution in [0.15, 0.2) is 11.4 Å². The van der Waals surface area contributed by atoms with Gasteiger partial charge in [-0.25, -0.2) is 9.78 Å². The Morgan fingerprint density at radius 1 is 1.75 bits per heavy atom. The van der Waals surface area contributed by atoms with Crippen molar-refractivity contribution in [3.8, 4) is 0 Å². The van der Waals surface area contributed by atoms with Crippen molar-refractivity contribution in [2.45, 2.75) is 0 Å². The fraction of sp³-hybridized carbons (Fsp3) is 0. The lowest BCUT2D eigenvalue weighted by atomic mass is 10.3. The van der Waals surface area contributed by atoms with Crippen LogP contribution in [0.5, 0.6) is 0 Å². The topological polar surface area (TPSA) is 109 Å². The first-order valence-corrected chi connectivity index (χ1v) is 3.64. The van der Waals surface area contributed by atoms with Crippen LogP contribution >= 0.6 is 11.3 Å². The van der Waals surface area contributed by atoms with Gasteiger partial charge in [0.25, 0.3) is 0 Å². The summed E-state index contributed by atoms with van der Waals surface area (Å²) in [7, 11) is 0. The Bertz CT molecular complexity index is 332. The summed E-state index contributed by atoms with van der Waals surface area (Å²) in [6.07, 6.45) is 1.24. The van der Waals surface area contributed by atoms with Gasteiger partial charge in [0.2, 0.25) is 5.71 Å². The predicted molar refractivity (Wildman–Crippen MR) is 42.5 cm³/mol. The number of aliphatic carboxylic acids is 1. The number of carbonyl (C=O) groups is 1. The Hall–Kier alpha value is -1.63. The summed E-state index contributed by atoms with van der Waals surface area (Å²) in [5, 5.41) is 19.6. The maximum absolute atomic E-state index is 10.4. The highest BCUT2D eigenvalue weighted by atomic mass is 32.1. The third kappa shape index (κ3) is 1.51. The molecule has 0 aliphatic carbocycles. The minimum Gasteiger partial charge on any atom is -0.476 e. The zero-order valence-corrected chi connectivity index (χ0v) is 6.58. The van der Waals surface area contributed by atoms with E-state index in [0.29, 0.717) is 0 Å². The molecule has 4 N–H and O–H groups in total. The summed E-state index contributed by atoms with van der Waals surface area (Å²) in [5.74, 6) is -1.32. The molecule has 0 aliphatic heterocycles.